The number of anilines is 1. The maximum Gasteiger partial charge on any atom is 0.193 e. The Hall–Kier alpha value is -2.29. The van der Waals surface area contributed by atoms with Gasteiger partial charge in [0.1, 0.15) is 0 Å². The van der Waals surface area contributed by atoms with E-state index in [1.165, 1.54) is 5.56 Å². The zero-order valence-corrected chi connectivity index (χ0v) is 12.7. The molecule has 0 radical (unpaired) electrons. The topological polar surface area (TPSA) is 50.4 Å². The summed E-state index contributed by atoms with van der Waals surface area (Å²) in [6, 6.07) is 18.5. The summed E-state index contributed by atoms with van der Waals surface area (Å²) in [6.07, 6.45) is 1.15. The molecule has 0 aliphatic rings. The van der Waals surface area contributed by atoms with Gasteiger partial charge in [-0.1, -0.05) is 56.3 Å². The number of nitrogens with two attached hydrogens (primary N) is 1. The molecule has 0 saturated heterocycles. The molecule has 0 heterocycles. The van der Waals surface area contributed by atoms with Crippen molar-refractivity contribution in [3.8, 4) is 0 Å². The summed E-state index contributed by atoms with van der Waals surface area (Å²) >= 11 is 0. The van der Waals surface area contributed by atoms with E-state index < -0.39 is 0 Å². The van der Waals surface area contributed by atoms with E-state index in [0.717, 1.165) is 17.7 Å². The van der Waals surface area contributed by atoms with E-state index in [-0.39, 0.29) is 0 Å². The number of nitrogens with one attached hydrogen (secondary N) is 1. The Labute approximate surface area is 126 Å². The van der Waals surface area contributed by atoms with Gasteiger partial charge < -0.3 is 11.1 Å². The monoisotopic (exact) mass is 281 g/mol. The highest BCUT2D eigenvalue weighted by Crippen LogP contribution is 2.20. The summed E-state index contributed by atoms with van der Waals surface area (Å²) in [6.45, 7) is 5.02. The minimum absolute atomic E-state index is 0.440. The third-order valence-electron chi connectivity index (χ3n) is 3.64. The molecule has 0 aliphatic carbocycles. The third-order valence-corrected chi connectivity index (χ3v) is 3.64. The van der Waals surface area contributed by atoms with Gasteiger partial charge in [-0.3, -0.25) is 0 Å². The lowest BCUT2D eigenvalue weighted by Crippen LogP contribution is -2.22. The summed E-state index contributed by atoms with van der Waals surface area (Å²) < 4.78 is 0. The Bertz CT molecular complexity index is 573. The molecule has 3 heteroatoms. The number of benzene rings is 2. The highest BCUT2D eigenvalue weighted by atomic mass is 15.1. The van der Waals surface area contributed by atoms with Crippen molar-refractivity contribution in [1.29, 1.82) is 0 Å². The van der Waals surface area contributed by atoms with Crippen molar-refractivity contribution in [3.63, 3.8) is 0 Å². The zero-order chi connectivity index (χ0) is 15.1. The van der Waals surface area contributed by atoms with Crippen molar-refractivity contribution in [2.75, 3.05) is 5.32 Å². The predicted octanol–water partition coefficient (Wildman–Crippen LogP) is 4.13. The van der Waals surface area contributed by atoms with E-state index in [4.69, 9.17) is 5.73 Å². The summed E-state index contributed by atoms with van der Waals surface area (Å²) in [5.41, 5.74) is 9.38. The van der Waals surface area contributed by atoms with Crippen LogP contribution in [0.15, 0.2) is 59.6 Å². The van der Waals surface area contributed by atoms with Gasteiger partial charge in [0.2, 0.25) is 0 Å². The zero-order valence-electron chi connectivity index (χ0n) is 12.7. The smallest absolute Gasteiger partial charge is 0.193 e. The standard InChI is InChI=1S/C18H23N3/c1-3-14(2)16-9-11-17(12-10-16)21-18(19)20-13-15-7-5-4-6-8-15/h4-12,14H,3,13H2,1-2H3,(H3,19,20,21). The van der Waals surface area contributed by atoms with Gasteiger partial charge in [-0.2, -0.15) is 0 Å². The Kier molecular flexibility index (Phi) is 5.38. The number of guanidine groups is 1. The van der Waals surface area contributed by atoms with Gasteiger partial charge in [-0.15, -0.1) is 0 Å². The number of hydrogen-bond acceptors (Lipinski definition) is 1. The molecule has 2 aromatic carbocycles. The molecule has 110 valence electrons. The molecule has 2 aromatic rings. The van der Waals surface area contributed by atoms with Crippen molar-refractivity contribution in [1.82, 2.24) is 0 Å². The molecule has 0 amide bonds. The van der Waals surface area contributed by atoms with Crippen molar-refractivity contribution in [2.45, 2.75) is 32.7 Å². The van der Waals surface area contributed by atoms with Gasteiger partial charge in [0, 0.05) is 5.69 Å². The molecule has 0 fully saturated rings. The van der Waals surface area contributed by atoms with E-state index in [0.29, 0.717) is 18.4 Å². The highest BCUT2D eigenvalue weighted by Gasteiger charge is 2.02. The average Bonchev–Trinajstić information content (AvgIpc) is 2.54. The second kappa shape index (κ2) is 7.48. The van der Waals surface area contributed by atoms with Crippen LogP contribution in [0.25, 0.3) is 0 Å². The van der Waals surface area contributed by atoms with Crippen LogP contribution in [0.3, 0.4) is 0 Å². The normalized spacial score (nSPS) is 13.0. The van der Waals surface area contributed by atoms with Crippen molar-refractivity contribution in [2.24, 2.45) is 10.7 Å². The lowest BCUT2D eigenvalue weighted by molar-refractivity contribution is 0.734. The number of nitrogens with zero attached hydrogens (tertiary/aromatic N) is 1. The fraction of sp³-hybridized carbons (Fsp3) is 0.278. The van der Waals surface area contributed by atoms with Gasteiger partial charge in [0.25, 0.3) is 0 Å². The molecule has 0 aromatic heterocycles. The number of rotatable bonds is 5. The fourth-order valence-electron chi connectivity index (χ4n) is 2.08. The van der Waals surface area contributed by atoms with E-state index in [2.05, 4.69) is 36.3 Å². The van der Waals surface area contributed by atoms with E-state index in [9.17, 15) is 0 Å². The molecule has 2 rings (SSSR count). The molecule has 0 aliphatic heterocycles. The summed E-state index contributed by atoms with van der Waals surface area (Å²) in [7, 11) is 0. The first-order valence-electron chi connectivity index (χ1n) is 7.40. The quantitative estimate of drug-likeness (QED) is 0.639. The second-order valence-electron chi connectivity index (χ2n) is 5.24. The molecule has 21 heavy (non-hydrogen) atoms. The van der Waals surface area contributed by atoms with Crippen molar-refractivity contribution >= 4 is 11.6 Å². The Balaban J connectivity index is 1.94. The first-order valence-corrected chi connectivity index (χ1v) is 7.40. The van der Waals surface area contributed by atoms with E-state index in [1.807, 2.05) is 42.5 Å². The maximum atomic E-state index is 5.92. The molecule has 0 spiro atoms. The molecule has 1 unspecified atom stereocenters. The molecule has 0 saturated carbocycles. The lowest BCUT2D eigenvalue weighted by Gasteiger charge is -2.10. The Morgan fingerprint density at radius 3 is 2.38 bits per heavy atom. The average molecular weight is 281 g/mol. The largest absolute Gasteiger partial charge is 0.370 e. The van der Waals surface area contributed by atoms with Crippen LogP contribution in [0.5, 0.6) is 0 Å². The summed E-state index contributed by atoms with van der Waals surface area (Å²) in [5, 5.41) is 3.12. The third kappa shape index (κ3) is 4.63. The van der Waals surface area contributed by atoms with Gasteiger partial charge in [0.05, 0.1) is 6.54 Å². The van der Waals surface area contributed by atoms with Gasteiger partial charge in [0.15, 0.2) is 5.96 Å². The molecule has 0 bridgehead atoms. The minimum Gasteiger partial charge on any atom is -0.370 e. The summed E-state index contributed by atoms with van der Waals surface area (Å²) in [4.78, 5) is 4.35. The molecular formula is C18H23N3. The van der Waals surface area contributed by atoms with Crippen LogP contribution < -0.4 is 11.1 Å². The molecule has 1 atom stereocenters. The number of aliphatic imine (C=N–C) groups is 1. The minimum atomic E-state index is 0.440. The lowest BCUT2D eigenvalue weighted by atomic mass is 9.99. The van der Waals surface area contributed by atoms with E-state index in [1.54, 1.807) is 0 Å². The van der Waals surface area contributed by atoms with Crippen LogP contribution in [-0.2, 0) is 6.54 Å². The van der Waals surface area contributed by atoms with Crippen molar-refractivity contribution < 1.29 is 0 Å². The van der Waals surface area contributed by atoms with Crippen LogP contribution in [0, 0.1) is 0 Å². The first kappa shape index (κ1) is 15.1. The van der Waals surface area contributed by atoms with Crippen LogP contribution in [-0.4, -0.2) is 5.96 Å². The van der Waals surface area contributed by atoms with Crippen LogP contribution in [0.2, 0.25) is 0 Å². The van der Waals surface area contributed by atoms with Crippen LogP contribution in [0.1, 0.15) is 37.3 Å². The first-order chi connectivity index (χ1) is 10.2. The Morgan fingerprint density at radius 2 is 1.76 bits per heavy atom. The highest BCUT2D eigenvalue weighted by molar-refractivity contribution is 5.92. The molecule has 3 nitrogen and oxygen atoms in total. The SMILES string of the molecule is CCC(C)c1ccc(NC(N)=NCc2ccccc2)cc1. The van der Waals surface area contributed by atoms with Gasteiger partial charge in [-0.25, -0.2) is 4.99 Å². The number of hydrogen-bond donors (Lipinski definition) is 2. The summed E-state index contributed by atoms with van der Waals surface area (Å²) in [5.74, 6) is 1.03. The Morgan fingerprint density at radius 1 is 1.10 bits per heavy atom. The van der Waals surface area contributed by atoms with Crippen LogP contribution in [0.4, 0.5) is 5.69 Å². The van der Waals surface area contributed by atoms with Gasteiger partial charge in [-0.05, 0) is 35.6 Å². The van der Waals surface area contributed by atoms with Crippen LogP contribution >= 0.6 is 0 Å². The van der Waals surface area contributed by atoms with Crippen molar-refractivity contribution in [3.05, 3.63) is 65.7 Å². The molecule has 3 N–H and O–H groups in total. The molecular weight excluding hydrogens is 258 g/mol. The second-order valence-corrected chi connectivity index (χ2v) is 5.24. The van der Waals surface area contributed by atoms with E-state index >= 15 is 0 Å². The fourth-order valence-corrected chi connectivity index (χ4v) is 2.08. The predicted molar refractivity (Wildman–Crippen MR) is 90.5 cm³/mol. The maximum absolute atomic E-state index is 5.92. The van der Waals surface area contributed by atoms with Gasteiger partial charge >= 0.3 is 0 Å².